The van der Waals surface area contributed by atoms with Crippen LogP contribution in [0, 0.1) is 0 Å². The normalized spacial score (nSPS) is 13.5. The molecule has 2 aromatic rings. The molecule has 0 bridgehead atoms. The van der Waals surface area contributed by atoms with Gasteiger partial charge in [-0.05, 0) is 92.2 Å². The van der Waals surface area contributed by atoms with Crippen molar-refractivity contribution in [1.82, 2.24) is 0 Å². The molecule has 0 heterocycles. The molecule has 0 aliphatic heterocycles. The zero-order valence-corrected chi connectivity index (χ0v) is 23.2. The van der Waals surface area contributed by atoms with E-state index < -0.39 is 0 Å². The van der Waals surface area contributed by atoms with Crippen molar-refractivity contribution >= 4 is 63.7 Å². The molecule has 156 valence electrons. The van der Waals surface area contributed by atoms with Gasteiger partial charge in [-0.1, -0.05) is 70.0 Å². The molecule has 2 nitrogen and oxygen atoms in total. The fourth-order valence-electron chi connectivity index (χ4n) is 2.53. The molecule has 0 spiro atoms. The smallest absolute Gasteiger partial charge is 0.169 e. The number of allylic oxidation sites excluding steroid dienone is 2. The lowest BCUT2D eigenvalue weighted by Gasteiger charge is -2.26. The highest BCUT2D eigenvalue weighted by atomic mass is 79.9. The van der Waals surface area contributed by atoms with E-state index in [1.54, 1.807) is 0 Å². The Balaban J connectivity index is 2.18. The van der Waals surface area contributed by atoms with Gasteiger partial charge in [0.1, 0.15) is 11.5 Å². The number of benzene rings is 2. The van der Waals surface area contributed by atoms with Crippen LogP contribution in [0.5, 0.6) is 11.5 Å². The molecule has 0 saturated heterocycles. The van der Waals surface area contributed by atoms with Crippen LogP contribution in [0.4, 0.5) is 0 Å². The predicted octanol–water partition coefficient (Wildman–Crippen LogP) is 8.81. The fourth-order valence-corrected chi connectivity index (χ4v) is 4.45. The quantitative estimate of drug-likeness (QED) is 0.210. The van der Waals surface area contributed by atoms with Gasteiger partial charge in [-0.3, -0.25) is 0 Å². The summed E-state index contributed by atoms with van der Waals surface area (Å²) in [5.74, 6) is 1.61. The Labute approximate surface area is 207 Å². The van der Waals surface area contributed by atoms with Crippen LogP contribution in [-0.4, -0.2) is 10.7 Å². The maximum absolute atomic E-state index is 5.86. The van der Waals surface area contributed by atoms with Crippen molar-refractivity contribution in [3.8, 4) is 11.5 Å². The van der Waals surface area contributed by atoms with Crippen molar-refractivity contribution < 1.29 is 9.47 Å². The lowest BCUT2D eigenvalue weighted by atomic mass is 9.78. The fraction of sp³-hybridized carbons (Fsp3) is 0.304. The van der Waals surface area contributed by atoms with Crippen LogP contribution in [0.3, 0.4) is 0 Å². The Morgan fingerprint density at radius 1 is 0.690 bits per heavy atom. The minimum absolute atomic E-state index is 0.144. The maximum Gasteiger partial charge on any atom is 0.169 e. The Morgan fingerprint density at radius 2 is 1.00 bits per heavy atom. The summed E-state index contributed by atoms with van der Waals surface area (Å²) in [6, 6.07) is 16.5. The summed E-state index contributed by atoms with van der Waals surface area (Å²) in [6.07, 6.45) is 0. The molecule has 0 aliphatic carbocycles. The minimum Gasteiger partial charge on any atom is -0.450 e. The summed E-state index contributed by atoms with van der Waals surface area (Å²) in [4.78, 5) is 0. The monoisotopic (exact) mass is 648 g/mol. The topological polar surface area (TPSA) is 18.5 Å². The van der Waals surface area contributed by atoms with Crippen molar-refractivity contribution in [2.24, 2.45) is 0 Å². The number of hydrogen-bond acceptors (Lipinski definition) is 2. The molecule has 0 aromatic heterocycles. The van der Waals surface area contributed by atoms with Crippen LogP contribution in [0.25, 0.3) is 0 Å². The molecule has 0 fully saturated rings. The summed E-state index contributed by atoms with van der Waals surface area (Å²) in [6.45, 7) is 8.46. The summed E-state index contributed by atoms with van der Waals surface area (Å²) in [5.41, 5.74) is 4.49. The van der Waals surface area contributed by atoms with E-state index in [-0.39, 0.29) is 5.41 Å². The predicted molar refractivity (Wildman–Crippen MR) is 137 cm³/mol. The first kappa shape index (κ1) is 24.7. The Morgan fingerprint density at radius 3 is 1.28 bits per heavy atom. The molecule has 0 atom stereocenters. The number of halogens is 4. The first-order chi connectivity index (χ1) is 13.7. The van der Waals surface area contributed by atoms with Gasteiger partial charge in [0.15, 0.2) is 9.34 Å². The average molecular weight is 652 g/mol. The van der Waals surface area contributed by atoms with Gasteiger partial charge in [0.25, 0.3) is 0 Å². The standard InChI is InChI=1S/C23H24Br4O2/c1-15(13-24)21(26)28-19-9-5-17(6-10-19)23(3,4)18-7-11-20(12-8-18)29-22(27)16(2)14-25/h5-12H,13-14H2,1-4H3/b21-15+,22-16+. The van der Waals surface area contributed by atoms with Crippen molar-refractivity contribution in [2.75, 3.05) is 10.7 Å². The highest BCUT2D eigenvalue weighted by molar-refractivity contribution is 9.12. The highest BCUT2D eigenvalue weighted by Gasteiger charge is 2.23. The third kappa shape index (κ3) is 6.71. The molecule has 0 N–H and O–H groups in total. The SMILES string of the molecule is C/C(CBr)=C(/Br)Oc1ccc(C(C)(C)c2ccc(O/C(Br)=C(\C)CBr)cc2)cc1. The van der Waals surface area contributed by atoms with Crippen molar-refractivity contribution in [1.29, 1.82) is 0 Å². The summed E-state index contributed by atoms with van der Waals surface area (Å²) in [5, 5.41) is 1.53. The van der Waals surface area contributed by atoms with Crippen molar-refractivity contribution in [2.45, 2.75) is 33.1 Å². The minimum atomic E-state index is -0.144. The van der Waals surface area contributed by atoms with Gasteiger partial charge >= 0.3 is 0 Å². The molecule has 29 heavy (non-hydrogen) atoms. The van der Waals surface area contributed by atoms with Crippen molar-refractivity contribution in [3.63, 3.8) is 0 Å². The van der Waals surface area contributed by atoms with Gasteiger partial charge in [-0.15, -0.1) is 0 Å². The summed E-state index contributed by atoms with van der Waals surface area (Å²) in [7, 11) is 0. The van der Waals surface area contributed by atoms with Crippen LogP contribution in [0.1, 0.15) is 38.8 Å². The maximum atomic E-state index is 5.86. The van der Waals surface area contributed by atoms with E-state index in [0.29, 0.717) is 0 Å². The second-order valence-corrected chi connectivity index (χ2v) is 9.82. The molecule has 0 saturated carbocycles. The number of rotatable bonds is 8. The molecule has 0 aliphatic rings. The number of hydrogen-bond donors (Lipinski definition) is 0. The van der Waals surface area contributed by atoms with Crippen LogP contribution in [0.2, 0.25) is 0 Å². The highest BCUT2D eigenvalue weighted by Crippen LogP contribution is 2.34. The van der Waals surface area contributed by atoms with Gasteiger partial charge in [0.05, 0.1) is 0 Å². The Hall–Kier alpha value is -0.560. The molecule has 2 rings (SSSR count). The molecule has 0 radical (unpaired) electrons. The van der Waals surface area contributed by atoms with Gasteiger partial charge < -0.3 is 9.47 Å². The molecule has 0 unspecified atom stereocenters. The van der Waals surface area contributed by atoms with E-state index in [0.717, 1.165) is 42.6 Å². The summed E-state index contributed by atoms with van der Waals surface area (Å²) >= 11 is 13.8. The largest absolute Gasteiger partial charge is 0.450 e. The van der Waals surface area contributed by atoms with E-state index in [9.17, 15) is 0 Å². The number of alkyl halides is 2. The Kier molecular flexibility index (Phi) is 9.52. The van der Waals surface area contributed by atoms with Gasteiger partial charge in [-0.25, -0.2) is 0 Å². The lowest BCUT2D eigenvalue weighted by Crippen LogP contribution is -2.18. The first-order valence-corrected chi connectivity index (χ1v) is 12.9. The van der Waals surface area contributed by atoms with E-state index in [4.69, 9.17) is 9.47 Å². The Bertz CT molecular complexity index is 809. The summed E-state index contributed by atoms with van der Waals surface area (Å²) < 4.78 is 13.2. The third-order valence-corrected chi connectivity index (χ3v) is 8.00. The molecular weight excluding hydrogens is 628 g/mol. The second kappa shape index (κ2) is 11.2. The van der Waals surface area contributed by atoms with Crippen LogP contribution in [0.15, 0.2) is 69.0 Å². The molecular formula is C23H24Br4O2. The van der Waals surface area contributed by atoms with E-state index in [2.05, 4.69) is 102 Å². The van der Waals surface area contributed by atoms with E-state index in [1.165, 1.54) is 11.1 Å². The molecule has 0 amide bonds. The first-order valence-electron chi connectivity index (χ1n) is 9.08. The van der Waals surface area contributed by atoms with Gasteiger partial charge in [0.2, 0.25) is 0 Å². The van der Waals surface area contributed by atoms with Gasteiger partial charge in [-0.2, -0.15) is 0 Å². The van der Waals surface area contributed by atoms with Gasteiger partial charge in [0, 0.05) is 16.1 Å². The second-order valence-electron chi connectivity index (χ2n) is 7.25. The van der Waals surface area contributed by atoms with Crippen molar-refractivity contribution in [3.05, 3.63) is 80.1 Å². The number of ether oxygens (including phenoxy) is 2. The zero-order valence-electron chi connectivity index (χ0n) is 16.9. The van der Waals surface area contributed by atoms with E-state index in [1.807, 2.05) is 38.1 Å². The molecule has 6 heteroatoms. The third-order valence-electron chi connectivity index (χ3n) is 4.64. The van der Waals surface area contributed by atoms with Crippen LogP contribution < -0.4 is 9.47 Å². The lowest BCUT2D eigenvalue weighted by molar-refractivity contribution is 0.463. The van der Waals surface area contributed by atoms with Crippen LogP contribution in [-0.2, 0) is 5.41 Å². The molecule has 2 aromatic carbocycles. The van der Waals surface area contributed by atoms with Crippen LogP contribution >= 0.6 is 63.7 Å². The average Bonchev–Trinajstić information content (AvgIpc) is 2.73. The van der Waals surface area contributed by atoms with E-state index >= 15 is 0 Å². The zero-order chi connectivity index (χ0) is 21.6.